The predicted molar refractivity (Wildman–Crippen MR) is 59.9 cm³/mol. The zero-order valence-electron chi connectivity index (χ0n) is 9.55. The largest absolute Gasteiger partial charge is 0.327 e. The van der Waals surface area contributed by atoms with E-state index in [1.807, 2.05) is 0 Å². The fourth-order valence-corrected chi connectivity index (χ4v) is 1.57. The van der Waals surface area contributed by atoms with Crippen LogP contribution in [-0.2, 0) is 0 Å². The molecule has 0 rings (SSSR count). The Morgan fingerprint density at radius 3 is 2.23 bits per heavy atom. The van der Waals surface area contributed by atoms with E-state index in [9.17, 15) is 0 Å². The molecule has 0 aromatic heterocycles. The molecule has 0 aromatic rings. The number of unbranched alkanes of at least 4 members (excludes halogenated alkanes) is 4. The van der Waals surface area contributed by atoms with E-state index in [2.05, 4.69) is 25.9 Å². The fraction of sp³-hybridized carbons (Fsp3) is 1.00. The van der Waals surface area contributed by atoms with Gasteiger partial charge in [0.15, 0.2) is 0 Å². The first-order valence-corrected chi connectivity index (χ1v) is 5.57. The Bertz CT molecular complexity index is 102. The fourth-order valence-electron chi connectivity index (χ4n) is 1.57. The topological polar surface area (TPSA) is 29.3 Å². The summed E-state index contributed by atoms with van der Waals surface area (Å²) in [5, 5.41) is 0. The Morgan fingerprint density at radius 1 is 1.08 bits per heavy atom. The Kier molecular flexibility index (Phi) is 8.46. The first-order valence-electron chi connectivity index (χ1n) is 5.57. The van der Waals surface area contributed by atoms with Gasteiger partial charge < -0.3 is 10.6 Å². The Hall–Kier alpha value is -0.0800. The molecule has 0 saturated heterocycles. The van der Waals surface area contributed by atoms with Crippen LogP contribution in [0.1, 0.15) is 45.4 Å². The molecule has 1 atom stereocenters. The van der Waals surface area contributed by atoms with Crippen molar-refractivity contribution < 1.29 is 0 Å². The summed E-state index contributed by atoms with van der Waals surface area (Å²) in [6.07, 6.45) is 7.92. The molecule has 2 N–H and O–H groups in total. The molecule has 0 aliphatic carbocycles. The minimum atomic E-state index is 0.372. The standard InChI is InChI=1S/C11H26N2/c1-4-5-6-7-8-9-11(12)10-13(2)3/h11H,4-10,12H2,1-3H3. The van der Waals surface area contributed by atoms with Crippen LogP contribution in [-0.4, -0.2) is 31.6 Å². The van der Waals surface area contributed by atoms with Gasteiger partial charge in [0.2, 0.25) is 0 Å². The molecule has 13 heavy (non-hydrogen) atoms. The van der Waals surface area contributed by atoms with Crippen molar-refractivity contribution in [1.29, 1.82) is 0 Å². The summed E-state index contributed by atoms with van der Waals surface area (Å²) in [4.78, 5) is 2.16. The normalized spacial score (nSPS) is 13.6. The molecule has 80 valence electrons. The maximum atomic E-state index is 5.95. The zero-order valence-corrected chi connectivity index (χ0v) is 9.55. The van der Waals surface area contributed by atoms with Crippen LogP contribution in [0.5, 0.6) is 0 Å². The van der Waals surface area contributed by atoms with Gasteiger partial charge in [0.25, 0.3) is 0 Å². The van der Waals surface area contributed by atoms with Gasteiger partial charge in [-0.15, -0.1) is 0 Å². The van der Waals surface area contributed by atoms with Gasteiger partial charge in [-0.05, 0) is 20.5 Å². The lowest BCUT2D eigenvalue weighted by atomic mass is 10.1. The molecule has 0 saturated carbocycles. The van der Waals surface area contributed by atoms with Crippen molar-refractivity contribution >= 4 is 0 Å². The van der Waals surface area contributed by atoms with Gasteiger partial charge in [-0.3, -0.25) is 0 Å². The smallest absolute Gasteiger partial charge is 0.0167 e. The van der Waals surface area contributed by atoms with Gasteiger partial charge in [0.1, 0.15) is 0 Å². The third kappa shape index (κ3) is 9.84. The highest BCUT2D eigenvalue weighted by Gasteiger charge is 2.02. The van der Waals surface area contributed by atoms with E-state index in [-0.39, 0.29) is 0 Å². The van der Waals surface area contributed by atoms with E-state index < -0.39 is 0 Å². The Morgan fingerprint density at radius 2 is 1.69 bits per heavy atom. The molecule has 0 aliphatic rings. The second kappa shape index (κ2) is 8.52. The summed E-state index contributed by atoms with van der Waals surface area (Å²) >= 11 is 0. The van der Waals surface area contributed by atoms with Gasteiger partial charge in [-0.25, -0.2) is 0 Å². The van der Waals surface area contributed by atoms with Crippen LogP contribution in [0.15, 0.2) is 0 Å². The molecule has 0 amide bonds. The quantitative estimate of drug-likeness (QED) is 0.589. The minimum Gasteiger partial charge on any atom is -0.327 e. The third-order valence-corrected chi connectivity index (χ3v) is 2.28. The van der Waals surface area contributed by atoms with Gasteiger partial charge in [0.05, 0.1) is 0 Å². The van der Waals surface area contributed by atoms with E-state index in [0.29, 0.717) is 6.04 Å². The number of nitrogens with two attached hydrogens (primary N) is 1. The van der Waals surface area contributed by atoms with E-state index in [0.717, 1.165) is 6.54 Å². The monoisotopic (exact) mass is 186 g/mol. The van der Waals surface area contributed by atoms with Crippen molar-refractivity contribution in [3.63, 3.8) is 0 Å². The summed E-state index contributed by atoms with van der Waals surface area (Å²) in [6.45, 7) is 3.27. The molecule has 0 radical (unpaired) electrons. The highest BCUT2D eigenvalue weighted by Crippen LogP contribution is 2.06. The van der Waals surface area contributed by atoms with Crippen molar-refractivity contribution in [2.24, 2.45) is 5.73 Å². The highest BCUT2D eigenvalue weighted by atomic mass is 15.1. The van der Waals surface area contributed by atoms with E-state index in [1.54, 1.807) is 0 Å². The van der Waals surface area contributed by atoms with Gasteiger partial charge in [-0.1, -0.05) is 39.0 Å². The third-order valence-electron chi connectivity index (χ3n) is 2.28. The molecule has 0 aliphatic heterocycles. The molecule has 0 fully saturated rings. The minimum absolute atomic E-state index is 0.372. The molecule has 0 spiro atoms. The van der Waals surface area contributed by atoms with Crippen LogP contribution in [0, 0.1) is 0 Å². The van der Waals surface area contributed by atoms with E-state index in [4.69, 9.17) is 5.73 Å². The molecule has 2 nitrogen and oxygen atoms in total. The number of rotatable bonds is 8. The van der Waals surface area contributed by atoms with Gasteiger partial charge in [0, 0.05) is 12.6 Å². The average Bonchev–Trinajstić information content (AvgIpc) is 2.02. The summed E-state index contributed by atoms with van der Waals surface area (Å²) in [7, 11) is 4.16. The number of hydrogen-bond donors (Lipinski definition) is 1. The van der Waals surface area contributed by atoms with E-state index in [1.165, 1.54) is 38.5 Å². The van der Waals surface area contributed by atoms with Crippen molar-refractivity contribution in [2.75, 3.05) is 20.6 Å². The molecule has 2 heteroatoms. The average molecular weight is 186 g/mol. The number of likely N-dealkylation sites (N-methyl/N-ethyl adjacent to an activating group) is 1. The summed E-state index contributed by atoms with van der Waals surface area (Å²) in [5.41, 5.74) is 5.95. The van der Waals surface area contributed by atoms with Gasteiger partial charge in [-0.2, -0.15) is 0 Å². The van der Waals surface area contributed by atoms with Crippen LogP contribution in [0.3, 0.4) is 0 Å². The molecular weight excluding hydrogens is 160 g/mol. The van der Waals surface area contributed by atoms with Crippen molar-refractivity contribution in [3.8, 4) is 0 Å². The van der Waals surface area contributed by atoms with Gasteiger partial charge >= 0.3 is 0 Å². The maximum absolute atomic E-state index is 5.95. The van der Waals surface area contributed by atoms with E-state index >= 15 is 0 Å². The molecule has 0 aromatic carbocycles. The lowest BCUT2D eigenvalue weighted by molar-refractivity contribution is 0.357. The van der Waals surface area contributed by atoms with Crippen LogP contribution >= 0.6 is 0 Å². The highest BCUT2D eigenvalue weighted by molar-refractivity contribution is 4.63. The number of hydrogen-bond acceptors (Lipinski definition) is 2. The summed E-state index contributed by atoms with van der Waals surface area (Å²) in [5.74, 6) is 0. The molecular formula is C11H26N2. The molecule has 0 heterocycles. The first kappa shape index (κ1) is 12.9. The predicted octanol–water partition coefficient (Wildman–Crippen LogP) is 2.24. The van der Waals surface area contributed by atoms with Crippen LogP contribution < -0.4 is 5.73 Å². The van der Waals surface area contributed by atoms with Crippen molar-refractivity contribution in [2.45, 2.75) is 51.5 Å². The maximum Gasteiger partial charge on any atom is 0.0167 e. The second-order valence-electron chi connectivity index (χ2n) is 4.23. The SMILES string of the molecule is CCCCCCCC(N)CN(C)C. The van der Waals surface area contributed by atoms with Crippen LogP contribution in [0.2, 0.25) is 0 Å². The summed E-state index contributed by atoms with van der Waals surface area (Å²) in [6, 6.07) is 0.372. The van der Waals surface area contributed by atoms with Crippen LogP contribution in [0.25, 0.3) is 0 Å². The lowest BCUT2D eigenvalue weighted by Crippen LogP contribution is -2.32. The molecule has 0 bridgehead atoms. The summed E-state index contributed by atoms with van der Waals surface area (Å²) < 4.78 is 0. The Balaban J connectivity index is 3.12. The Labute approximate surface area is 83.5 Å². The van der Waals surface area contributed by atoms with Crippen LogP contribution in [0.4, 0.5) is 0 Å². The second-order valence-corrected chi connectivity index (χ2v) is 4.23. The number of nitrogens with zero attached hydrogens (tertiary/aromatic N) is 1. The van der Waals surface area contributed by atoms with Crippen molar-refractivity contribution in [3.05, 3.63) is 0 Å². The first-order chi connectivity index (χ1) is 6.16. The molecule has 1 unspecified atom stereocenters. The van der Waals surface area contributed by atoms with Crippen molar-refractivity contribution in [1.82, 2.24) is 4.90 Å². The lowest BCUT2D eigenvalue weighted by Gasteiger charge is -2.16. The zero-order chi connectivity index (χ0) is 10.1.